The summed E-state index contributed by atoms with van der Waals surface area (Å²) in [5, 5.41) is 2.32. The monoisotopic (exact) mass is 446 g/mol. The second kappa shape index (κ2) is 8.85. The highest BCUT2D eigenvalue weighted by Gasteiger charge is 2.37. The fourth-order valence-corrected chi connectivity index (χ4v) is 3.75. The number of aryl methyl sites for hydroxylation is 1. The molecule has 0 bridgehead atoms. The summed E-state index contributed by atoms with van der Waals surface area (Å²) in [6, 6.07) is 1.89. The zero-order valence-electron chi connectivity index (χ0n) is 15.6. The Balaban J connectivity index is 1.79. The number of amides is 1. The van der Waals surface area contributed by atoms with Crippen LogP contribution in [0.1, 0.15) is 40.6 Å². The number of nitrogens with one attached hydrogen (secondary N) is 1. The minimum atomic E-state index is -2.70. The van der Waals surface area contributed by atoms with Crippen LogP contribution in [-0.4, -0.2) is 46.3 Å². The first kappa shape index (κ1) is 21.8. The topological polar surface area (TPSA) is 58.1 Å². The summed E-state index contributed by atoms with van der Waals surface area (Å²) in [7, 11) is 0. The third-order valence-corrected chi connectivity index (χ3v) is 5.57. The van der Waals surface area contributed by atoms with Crippen molar-refractivity contribution < 1.29 is 18.0 Å². The number of nitrogens with zero attached hydrogens (tertiary/aromatic N) is 3. The standard InChI is InChI=1S/C19H19Cl2F3N4O/c1-11-25-8-12(9-26-11)15(28-6-4-19(23,24)5-7-28)10-27-18(29)16-13(20)2-3-14(22)17(16)21/h2-3,8-9,15H,4-7,10H2,1H3,(H,27,29)/t15-/m1/s1. The second-order valence-electron chi connectivity index (χ2n) is 6.90. The number of aromatic nitrogens is 2. The maximum Gasteiger partial charge on any atom is 0.254 e. The van der Waals surface area contributed by atoms with Crippen LogP contribution in [0.2, 0.25) is 10.0 Å². The zero-order valence-corrected chi connectivity index (χ0v) is 17.1. The predicted octanol–water partition coefficient (Wildman–Crippen LogP) is 4.43. The third-order valence-electron chi connectivity index (χ3n) is 4.88. The summed E-state index contributed by atoms with van der Waals surface area (Å²) in [6.45, 7) is 2.11. The molecule has 0 saturated carbocycles. The number of carbonyl (C=O) groups excluding carboxylic acids is 1. The van der Waals surface area contributed by atoms with Gasteiger partial charge in [0.15, 0.2) is 0 Å². The molecule has 0 radical (unpaired) electrons. The van der Waals surface area contributed by atoms with E-state index < -0.39 is 23.7 Å². The number of piperidine rings is 1. The first-order valence-corrected chi connectivity index (χ1v) is 9.75. The van der Waals surface area contributed by atoms with Crippen LogP contribution in [0.15, 0.2) is 24.5 Å². The van der Waals surface area contributed by atoms with Gasteiger partial charge < -0.3 is 5.32 Å². The number of halogens is 5. The van der Waals surface area contributed by atoms with E-state index >= 15 is 0 Å². The van der Waals surface area contributed by atoms with Crippen molar-refractivity contribution in [3.63, 3.8) is 0 Å². The number of alkyl halides is 2. The Morgan fingerprint density at radius 3 is 2.48 bits per heavy atom. The molecule has 1 aromatic carbocycles. The summed E-state index contributed by atoms with van der Waals surface area (Å²) in [6.07, 6.45) is 2.67. The number of rotatable bonds is 5. The van der Waals surface area contributed by atoms with Crippen molar-refractivity contribution in [1.29, 1.82) is 0 Å². The van der Waals surface area contributed by atoms with Crippen molar-refractivity contribution in [2.45, 2.75) is 31.7 Å². The van der Waals surface area contributed by atoms with Crippen molar-refractivity contribution >= 4 is 29.1 Å². The van der Waals surface area contributed by atoms with E-state index in [0.717, 1.165) is 6.07 Å². The number of benzene rings is 1. The maximum absolute atomic E-state index is 13.7. The molecular formula is C19H19Cl2F3N4O. The molecular weight excluding hydrogens is 428 g/mol. The average Bonchev–Trinajstić information content (AvgIpc) is 2.67. The highest BCUT2D eigenvalue weighted by Crippen LogP contribution is 2.32. The van der Waals surface area contributed by atoms with Gasteiger partial charge in [0.25, 0.3) is 11.8 Å². The quantitative estimate of drug-likeness (QED) is 0.689. The Morgan fingerprint density at radius 1 is 1.24 bits per heavy atom. The van der Waals surface area contributed by atoms with Gasteiger partial charge in [0, 0.05) is 50.4 Å². The smallest absolute Gasteiger partial charge is 0.254 e. The van der Waals surface area contributed by atoms with Gasteiger partial charge in [-0.05, 0) is 19.1 Å². The molecule has 1 aromatic heterocycles. The molecule has 156 valence electrons. The highest BCUT2D eigenvalue weighted by molar-refractivity contribution is 6.39. The third kappa shape index (κ3) is 5.18. The summed E-state index contributed by atoms with van der Waals surface area (Å²) >= 11 is 11.9. The lowest BCUT2D eigenvalue weighted by Gasteiger charge is -2.37. The van der Waals surface area contributed by atoms with Crippen LogP contribution in [0.25, 0.3) is 0 Å². The van der Waals surface area contributed by atoms with Crippen LogP contribution < -0.4 is 5.32 Å². The van der Waals surface area contributed by atoms with Crippen molar-refractivity contribution in [3.05, 3.63) is 57.3 Å². The number of likely N-dealkylation sites (tertiary alicyclic amines) is 1. The van der Waals surface area contributed by atoms with E-state index in [2.05, 4.69) is 15.3 Å². The van der Waals surface area contributed by atoms with Gasteiger partial charge in [0.05, 0.1) is 21.7 Å². The molecule has 10 heteroatoms. The number of carbonyl (C=O) groups is 1. The molecule has 5 nitrogen and oxygen atoms in total. The summed E-state index contributed by atoms with van der Waals surface area (Å²) in [4.78, 5) is 22.8. The molecule has 1 amide bonds. The second-order valence-corrected chi connectivity index (χ2v) is 7.68. The summed E-state index contributed by atoms with van der Waals surface area (Å²) in [5.41, 5.74) is 0.509. The lowest BCUT2D eigenvalue weighted by atomic mass is 10.0. The fourth-order valence-electron chi connectivity index (χ4n) is 3.21. The largest absolute Gasteiger partial charge is 0.350 e. The highest BCUT2D eigenvalue weighted by atomic mass is 35.5. The maximum atomic E-state index is 13.7. The van der Waals surface area contributed by atoms with Crippen molar-refractivity contribution in [1.82, 2.24) is 20.2 Å². The van der Waals surface area contributed by atoms with E-state index in [1.807, 2.05) is 4.90 Å². The van der Waals surface area contributed by atoms with E-state index in [1.165, 1.54) is 6.07 Å². The molecule has 29 heavy (non-hydrogen) atoms. The van der Waals surface area contributed by atoms with Crippen LogP contribution in [0.3, 0.4) is 0 Å². The van der Waals surface area contributed by atoms with E-state index in [4.69, 9.17) is 23.2 Å². The van der Waals surface area contributed by atoms with Gasteiger partial charge in [-0.25, -0.2) is 23.1 Å². The molecule has 0 aliphatic carbocycles. The Labute approximate surface area is 176 Å². The molecule has 0 unspecified atom stereocenters. The molecule has 3 rings (SSSR count). The normalized spacial score (nSPS) is 17.7. The minimum absolute atomic E-state index is 0.0155. The van der Waals surface area contributed by atoms with Gasteiger partial charge in [-0.3, -0.25) is 9.69 Å². The van der Waals surface area contributed by atoms with Crippen molar-refractivity contribution in [3.8, 4) is 0 Å². The van der Waals surface area contributed by atoms with Gasteiger partial charge in [0.2, 0.25) is 0 Å². The van der Waals surface area contributed by atoms with Gasteiger partial charge in [-0.15, -0.1) is 0 Å². The van der Waals surface area contributed by atoms with Crippen molar-refractivity contribution in [2.75, 3.05) is 19.6 Å². The number of hydrogen-bond donors (Lipinski definition) is 1. The first-order chi connectivity index (χ1) is 13.7. The molecule has 1 atom stereocenters. The lowest BCUT2D eigenvalue weighted by Crippen LogP contribution is -2.45. The van der Waals surface area contributed by atoms with Gasteiger partial charge in [-0.2, -0.15) is 0 Å². The molecule has 1 saturated heterocycles. The molecule has 1 fully saturated rings. The van der Waals surface area contributed by atoms with Crippen LogP contribution >= 0.6 is 23.2 Å². The van der Waals surface area contributed by atoms with Gasteiger partial charge in [0.1, 0.15) is 11.6 Å². The van der Waals surface area contributed by atoms with Crippen LogP contribution in [0.5, 0.6) is 0 Å². The van der Waals surface area contributed by atoms with E-state index in [9.17, 15) is 18.0 Å². The van der Waals surface area contributed by atoms with E-state index in [0.29, 0.717) is 11.4 Å². The summed E-state index contributed by atoms with van der Waals surface area (Å²) < 4.78 is 40.9. The molecule has 1 aliphatic heterocycles. The van der Waals surface area contributed by atoms with E-state index in [1.54, 1.807) is 19.3 Å². The van der Waals surface area contributed by atoms with Gasteiger partial charge in [-0.1, -0.05) is 23.2 Å². The minimum Gasteiger partial charge on any atom is -0.350 e. The predicted molar refractivity (Wildman–Crippen MR) is 104 cm³/mol. The Hall–Kier alpha value is -1.90. The average molecular weight is 447 g/mol. The number of hydrogen-bond acceptors (Lipinski definition) is 4. The SMILES string of the molecule is Cc1ncc([C@@H](CNC(=O)c2c(Cl)ccc(F)c2Cl)N2CCC(F)(F)CC2)cn1. The van der Waals surface area contributed by atoms with Crippen LogP contribution in [0.4, 0.5) is 13.2 Å². The molecule has 1 aliphatic rings. The lowest BCUT2D eigenvalue weighted by molar-refractivity contribution is -0.0632. The Morgan fingerprint density at radius 2 is 1.86 bits per heavy atom. The molecule has 2 aromatic rings. The zero-order chi connectivity index (χ0) is 21.2. The summed E-state index contributed by atoms with van der Waals surface area (Å²) in [5.74, 6) is -3.54. The molecule has 0 spiro atoms. The van der Waals surface area contributed by atoms with Gasteiger partial charge >= 0.3 is 0 Å². The Kier molecular flexibility index (Phi) is 6.65. The first-order valence-electron chi connectivity index (χ1n) is 9.00. The van der Waals surface area contributed by atoms with E-state index in [-0.39, 0.29) is 48.1 Å². The fraction of sp³-hybridized carbons (Fsp3) is 0.421. The van der Waals surface area contributed by atoms with Crippen molar-refractivity contribution in [2.24, 2.45) is 0 Å². The Bertz CT molecular complexity index is 886. The molecule has 1 N–H and O–H groups in total. The van der Waals surface area contributed by atoms with Crippen LogP contribution in [-0.2, 0) is 0 Å². The molecule has 2 heterocycles. The van der Waals surface area contributed by atoms with Crippen LogP contribution in [0, 0.1) is 12.7 Å².